The number of carbonyl (C=O) groups is 6. The average molecular weight is 1030 g/mol. The maximum Gasteiger partial charge on any atom is 0.255 e. The lowest BCUT2D eigenvalue weighted by Gasteiger charge is -2.53. The number of phenols is 2. The van der Waals surface area contributed by atoms with E-state index in [1.807, 2.05) is 0 Å². The molecule has 0 bridgehead atoms. The molecule has 6 aliphatic rings. The molecule has 0 radical (unpaired) electrons. The number of ketones is 4. The van der Waals surface area contributed by atoms with Crippen molar-refractivity contribution in [2.45, 2.75) is 68.0 Å². The molecular weight excluding hydrogens is 967 g/mol. The van der Waals surface area contributed by atoms with E-state index in [2.05, 4.69) is 0 Å². The van der Waals surface area contributed by atoms with Crippen LogP contribution >= 0.6 is 24.8 Å². The molecule has 8 rings (SSSR count). The first-order chi connectivity index (χ1) is 33.7. The van der Waals surface area contributed by atoms with E-state index >= 15 is 0 Å². The highest BCUT2D eigenvalue weighted by Crippen LogP contribution is 2.58. The maximum atomic E-state index is 13.8. The Labute approximate surface area is 420 Å². The summed E-state index contributed by atoms with van der Waals surface area (Å²) in [5.41, 5.74) is -1.10. The lowest BCUT2D eigenvalue weighted by atomic mass is 9.54. The number of nitrogens with zero attached hydrogens (tertiary/aromatic N) is 2. The molecule has 0 aromatic heterocycles. The Morgan fingerprint density at radius 3 is 1.21 bits per heavy atom. The van der Waals surface area contributed by atoms with Gasteiger partial charge in [-0.25, -0.2) is 0 Å². The minimum absolute atomic E-state index is 0. The minimum atomic E-state index is -3.28. The zero-order chi connectivity index (χ0) is 55.5. The zero-order valence-corrected chi connectivity index (χ0v) is 39.4. The summed E-state index contributed by atoms with van der Waals surface area (Å²) in [6.07, 6.45) is -4.29. The first-order valence-electron chi connectivity index (χ1n) is 23.6. The number of Topliss-reactive ketones (excluding diaryl/α,β-unsaturated/α-hetero) is 4. The predicted molar refractivity (Wildman–Crippen MR) is 252 cm³/mol. The van der Waals surface area contributed by atoms with Gasteiger partial charge in [-0.2, -0.15) is 0 Å². The smallest absolute Gasteiger partial charge is 0.255 e. The molecule has 22 nitrogen and oxygen atoms in total. The minimum Gasteiger partial charge on any atom is -0.508 e. The number of hydrogen-bond donors (Lipinski definition) is 13. The second-order valence-corrected chi connectivity index (χ2v) is 16.8. The number of primary amides is 2. The van der Waals surface area contributed by atoms with Crippen LogP contribution < -0.4 is 11.5 Å². The fourth-order valence-electron chi connectivity index (χ4n) is 9.97. The Morgan fingerprint density at radius 1 is 0.657 bits per heavy atom. The lowest BCUT2D eigenvalue weighted by Crippen LogP contribution is -2.70. The van der Waals surface area contributed by atoms with Crippen LogP contribution in [0, 0.1) is 23.7 Å². The van der Waals surface area contributed by atoms with E-state index in [1.165, 1.54) is 52.5 Å². The number of amides is 2. The largest absolute Gasteiger partial charge is 0.508 e. The van der Waals surface area contributed by atoms with Crippen LogP contribution in [0.1, 0.15) is 63.0 Å². The Hall–Kier alpha value is -5.92. The molecule has 0 unspecified atom stereocenters. The third-order valence-electron chi connectivity index (χ3n) is 12.7. The summed E-state index contributed by atoms with van der Waals surface area (Å²) < 4.78 is 52.1. The Morgan fingerprint density at radius 2 is 0.957 bits per heavy atom. The number of aliphatic hydroxyl groups is 9. The van der Waals surface area contributed by atoms with Crippen LogP contribution in [0.15, 0.2) is 70.2 Å². The van der Waals surface area contributed by atoms with Crippen molar-refractivity contribution in [1.29, 1.82) is 0 Å². The van der Waals surface area contributed by atoms with Crippen molar-refractivity contribution < 1.29 is 98.6 Å². The van der Waals surface area contributed by atoms with Crippen molar-refractivity contribution in [3.8, 4) is 11.5 Å². The molecular formula is C46H58Cl2N4O18. The van der Waals surface area contributed by atoms with Crippen LogP contribution in [0.3, 0.4) is 0 Å². The highest BCUT2D eigenvalue weighted by atomic mass is 35.5. The topological polar surface area (TPSA) is 415 Å². The number of hydrogen-bond acceptors (Lipinski definition) is 19. The number of carbonyl (C=O) groups excluding carboxylic acids is 6. The van der Waals surface area contributed by atoms with Crippen molar-refractivity contribution in [3.63, 3.8) is 0 Å². The van der Waals surface area contributed by atoms with Crippen LogP contribution in [0.2, 0.25) is 0 Å². The van der Waals surface area contributed by atoms with Crippen molar-refractivity contribution >= 4 is 71.3 Å². The number of phenolic OH excluding ortho intramolecular Hbond substituents is 2. The number of fused-ring (bicyclic) bond motifs is 6. The summed E-state index contributed by atoms with van der Waals surface area (Å²) in [4.78, 5) is 80.0. The van der Waals surface area contributed by atoms with Gasteiger partial charge < -0.3 is 73.1 Å². The van der Waals surface area contributed by atoms with E-state index < -0.39 is 176 Å². The third-order valence-corrected chi connectivity index (χ3v) is 12.7. The predicted octanol–water partition coefficient (Wildman–Crippen LogP) is -0.991. The number of benzene rings is 2. The van der Waals surface area contributed by atoms with Crippen LogP contribution in [0.5, 0.6) is 11.5 Å². The van der Waals surface area contributed by atoms with Gasteiger partial charge in [0.15, 0.2) is 22.8 Å². The monoisotopic (exact) mass is 1030 g/mol. The van der Waals surface area contributed by atoms with Gasteiger partial charge in [-0.15, -0.1) is 24.8 Å². The molecule has 0 aliphatic heterocycles. The summed E-state index contributed by atoms with van der Waals surface area (Å²) in [7, 11) is 4.83. The van der Waals surface area contributed by atoms with E-state index in [0.29, 0.717) is 0 Å². The van der Waals surface area contributed by atoms with Gasteiger partial charge >= 0.3 is 0 Å². The molecule has 17 N–H and O–H groups in total. The first-order valence-corrected chi connectivity index (χ1v) is 20.2. The van der Waals surface area contributed by atoms with Gasteiger partial charge in [-0.3, -0.25) is 38.6 Å². The zero-order valence-electron chi connectivity index (χ0n) is 43.8. The molecule has 2 aromatic rings. The fourth-order valence-corrected chi connectivity index (χ4v) is 9.97. The SMILES string of the molecule is CCO.Cl.Cl.O.[2H]C[C@@]1([2H])c2cccc(O)c2C(O)=C2C(=O)[C@]3(O)C(O)=C(C(N)=O)C(=O)[C@@]([2H])(N(C)C)[C@@H]3[C@@H](O)[C@@H]21.[2H]C[C@@]1([2H])c2cccc(O)c2C(O)=C2C(=O)[C@]3(O)C(O)=C(C(N)=O)C(=O)[C@@]([2H])(N(C)C)[C@@H]3[C@@H](O)[C@@H]21. The Bertz CT molecular complexity index is 2750. The van der Waals surface area contributed by atoms with Crippen molar-refractivity contribution in [1.82, 2.24) is 9.80 Å². The first kappa shape index (κ1) is 49.1. The van der Waals surface area contributed by atoms with Crippen LogP contribution in [0.25, 0.3) is 11.5 Å². The summed E-state index contributed by atoms with van der Waals surface area (Å²) in [5, 5.41) is 118. The van der Waals surface area contributed by atoms with Crippen molar-refractivity contribution in [2.24, 2.45) is 35.1 Å². The molecule has 12 atom stereocenters. The highest BCUT2D eigenvalue weighted by molar-refractivity contribution is 6.26. The second-order valence-electron chi connectivity index (χ2n) is 16.8. The van der Waals surface area contributed by atoms with E-state index in [-0.39, 0.29) is 59.2 Å². The van der Waals surface area contributed by atoms with Gasteiger partial charge in [0.05, 0.1) is 49.9 Å². The summed E-state index contributed by atoms with van der Waals surface area (Å²) in [6.45, 7) is 0.339. The Kier molecular flexibility index (Phi) is 14.3. The van der Waals surface area contributed by atoms with Gasteiger partial charge in [0.25, 0.3) is 11.8 Å². The normalized spacial score (nSPS) is 37.1. The van der Waals surface area contributed by atoms with E-state index in [9.17, 15) is 79.8 Å². The molecule has 6 aliphatic carbocycles. The molecule has 384 valence electrons. The Balaban J connectivity index is 0.000000367. The summed E-state index contributed by atoms with van der Waals surface area (Å²) >= 11 is 0. The molecule has 70 heavy (non-hydrogen) atoms. The number of aliphatic hydroxyl groups excluding tert-OH is 7. The van der Waals surface area contributed by atoms with Crippen molar-refractivity contribution in [2.75, 3.05) is 34.8 Å². The van der Waals surface area contributed by atoms with Gasteiger partial charge in [0, 0.05) is 35.1 Å². The average Bonchev–Trinajstić information content (AvgIpc) is 3.31. The second kappa shape index (κ2) is 20.4. The molecule has 2 aromatic carbocycles. The van der Waals surface area contributed by atoms with Gasteiger partial charge in [-0.05, 0) is 70.2 Å². The standard InChI is InChI=1S/2C22H24N2O8.C2H6O.2ClH.H2O/c2*1-7-8-5-4-6-9(25)11(8)16(26)12-10(7)17(27)14-15(24(2)3)18(28)13(21(23)31)20(30)22(14,32)19(12)29;1-2-3;;;/h2*4-7,10,14-15,17,25-27,30,32H,1-3H3,(H2,23,31);3H,2H2,1H3;2*1H;1H2/t2*7-,10+,14+,15-,17-,22-;;;;/m00..../s1/i2*1D,7D,15D;;;;. The highest BCUT2D eigenvalue weighted by Gasteiger charge is 2.70. The number of halogens is 2. The van der Waals surface area contributed by atoms with Crippen molar-refractivity contribution in [3.05, 3.63) is 92.5 Å². The van der Waals surface area contributed by atoms with Gasteiger partial charge in [0.1, 0.15) is 45.7 Å². The van der Waals surface area contributed by atoms with Crippen LogP contribution in [-0.4, -0.2) is 177 Å². The van der Waals surface area contributed by atoms with Crippen LogP contribution in [-0.2, 0) is 28.8 Å². The van der Waals surface area contributed by atoms with Gasteiger partial charge in [0.2, 0.25) is 11.6 Å². The molecule has 24 heteroatoms. The summed E-state index contributed by atoms with van der Waals surface area (Å²) in [5.74, 6) is -27.0. The molecule has 0 saturated heterocycles. The maximum absolute atomic E-state index is 13.8. The lowest BCUT2D eigenvalue weighted by molar-refractivity contribution is -0.170. The fraction of sp³-hybridized carbons (Fsp3) is 0.435. The van der Waals surface area contributed by atoms with E-state index in [0.717, 1.165) is 21.9 Å². The number of aromatic hydroxyl groups is 2. The molecule has 2 amide bonds. The third kappa shape index (κ3) is 8.01. The quantitative estimate of drug-likeness (QED) is 0.164. The van der Waals surface area contributed by atoms with Crippen LogP contribution in [0.4, 0.5) is 0 Å². The molecule has 0 heterocycles. The molecule has 2 fully saturated rings. The summed E-state index contributed by atoms with van der Waals surface area (Å²) in [6, 6.07) is 2.16. The number of nitrogens with two attached hydrogens (primary N) is 2. The van der Waals surface area contributed by atoms with Gasteiger partial charge in [-0.1, -0.05) is 38.1 Å². The number of likely N-dealkylation sites (N-methyl/N-ethyl adjacent to an activating group) is 2. The molecule has 0 spiro atoms. The number of rotatable bonds is 4. The molecule has 2 saturated carbocycles. The van der Waals surface area contributed by atoms with E-state index in [4.69, 9.17) is 24.8 Å². The van der Waals surface area contributed by atoms with E-state index in [1.54, 1.807) is 6.92 Å².